The van der Waals surface area contributed by atoms with E-state index in [1.807, 2.05) is 30.5 Å². The molecule has 0 aliphatic heterocycles. The topological polar surface area (TPSA) is 50.9 Å². The molecule has 7 heteroatoms. The summed E-state index contributed by atoms with van der Waals surface area (Å²) in [6.07, 6.45) is 4.52. The van der Waals surface area contributed by atoms with Gasteiger partial charge < -0.3 is 5.11 Å². The molecular formula is C15H17Cl2N3OS. The van der Waals surface area contributed by atoms with Crippen molar-refractivity contribution >= 4 is 35.0 Å². The average Bonchev–Trinajstić information content (AvgIpc) is 3.07. The van der Waals surface area contributed by atoms with E-state index >= 15 is 0 Å². The Hall–Kier alpha value is -0.750. The molecule has 3 rings (SSSR count). The van der Waals surface area contributed by atoms with Crippen LogP contribution in [0.5, 0.6) is 0 Å². The molecule has 1 aromatic carbocycles. The molecular weight excluding hydrogens is 341 g/mol. The van der Waals surface area contributed by atoms with Gasteiger partial charge in [-0.1, -0.05) is 41.6 Å². The predicted octanol–water partition coefficient (Wildman–Crippen LogP) is 3.57. The van der Waals surface area contributed by atoms with Gasteiger partial charge in [0.05, 0.1) is 17.5 Å². The maximum Gasteiger partial charge on any atom is 0.185 e. The minimum absolute atomic E-state index is 0.221. The number of aliphatic hydroxyl groups excluding tert-OH is 1. The lowest BCUT2D eigenvalue weighted by Crippen LogP contribution is -2.32. The van der Waals surface area contributed by atoms with Gasteiger partial charge in [0.1, 0.15) is 6.33 Å². The van der Waals surface area contributed by atoms with Crippen molar-refractivity contribution in [3.63, 3.8) is 0 Å². The second-order valence-electron chi connectivity index (χ2n) is 5.53. The predicted molar refractivity (Wildman–Crippen MR) is 89.8 cm³/mol. The zero-order chi connectivity index (χ0) is 15.7. The van der Waals surface area contributed by atoms with Gasteiger partial charge in [0.2, 0.25) is 0 Å². The highest BCUT2D eigenvalue weighted by Crippen LogP contribution is 2.55. The number of thioether (sulfide) groups is 1. The largest absolute Gasteiger partial charge is 0.390 e. The van der Waals surface area contributed by atoms with E-state index in [9.17, 15) is 5.11 Å². The number of hydrogen-bond acceptors (Lipinski definition) is 4. The average molecular weight is 358 g/mol. The van der Waals surface area contributed by atoms with Crippen LogP contribution in [0.3, 0.4) is 0 Å². The molecule has 1 aliphatic carbocycles. The number of aliphatic hydroxyl groups is 1. The second kappa shape index (κ2) is 6.40. The van der Waals surface area contributed by atoms with Crippen molar-refractivity contribution in [2.45, 2.75) is 41.4 Å². The van der Waals surface area contributed by atoms with Gasteiger partial charge in [-0.25, -0.2) is 9.67 Å². The van der Waals surface area contributed by atoms with Crippen LogP contribution >= 0.6 is 35.0 Å². The number of hydrogen-bond donors (Lipinski definition) is 1. The molecule has 118 valence electrons. The van der Waals surface area contributed by atoms with Crippen LogP contribution in [0, 0.1) is 0 Å². The van der Waals surface area contributed by atoms with Gasteiger partial charge in [-0.2, -0.15) is 5.10 Å². The Morgan fingerprint density at radius 3 is 2.77 bits per heavy atom. The van der Waals surface area contributed by atoms with Crippen LogP contribution < -0.4 is 0 Å². The van der Waals surface area contributed by atoms with Crippen LogP contribution in [0.25, 0.3) is 0 Å². The fraction of sp³-hybridized carbons (Fsp3) is 0.467. The van der Waals surface area contributed by atoms with E-state index in [1.54, 1.807) is 4.68 Å². The molecule has 1 fully saturated rings. The molecule has 2 unspecified atom stereocenters. The number of halogens is 2. The maximum atomic E-state index is 10.8. The zero-order valence-corrected chi connectivity index (χ0v) is 14.4. The second-order valence-corrected chi connectivity index (χ2v) is 7.46. The standard InChI is InChI=1S/C15H17Cl2N3OS/c1-22-14-18-9-19-20(14)8-12(21)13(15(17)6-7-15)10-4-2-3-5-11(10)16/h2-5,9,12-13,21H,6-8H2,1H3. The Balaban J connectivity index is 1.89. The third kappa shape index (κ3) is 3.13. The van der Waals surface area contributed by atoms with E-state index in [0.717, 1.165) is 23.6 Å². The van der Waals surface area contributed by atoms with Gasteiger partial charge in [0.25, 0.3) is 0 Å². The van der Waals surface area contributed by atoms with E-state index < -0.39 is 11.0 Å². The van der Waals surface area contributed by atoms with E-state index in [1.165, 1.54) is 18.1 Å². The molecule has 1 aliphatic rings. The Morgan fingerprint density at radius 1 is 1.41 bits per heavy atom. The molecule has 0 radical (unpaired) electrons. The summed E-state index contributed by atoms with van der Waals surface area (Å²) < 4.78 is 1.71. The quantitative estimate of drug-likeness (QED) is 0.634. The van der Waals surface area contributed by atoms with Gasteiger partial charge in [-0.15, -0.1) is 11.6 Å². The van der Waals surface area contributed by atoms with Crippen molar-refractivity contribution in [3.05, 3.63) is 41.2 Å². The Morgan fingerprint density at radius 2 is 2.14 bits per heavy atom. The molecule has 0 amide bonds. The lowest BCUT2D eigenvalue weighted by molar-refractivity contribution is 0.111. The Labute approximate surface area is 143 Å². The fourth-order valence-electron chi connectivity index (χ4n) is 2.81. The molecule has 2 aromatic rings. The minimum atomic E-state index is -0.674. The summed E-state index contributed by atoms with van der Waals surface area (Å²) in [6, 6.07) is 7.58. The summed E-state index contributed by atoms with van der Waals surface area (Å²) in [5.74, 6) is -0.221. The van der Waals surface area contributed by atoms with Gasteiger partial charge in [0, 0.05) is 10.9 Å². The molecule has 1 saturated carbocycles. The van der Waals surface area contributed by atoms with Crippen molar-refractivity contribution in [1.29, 1.82) is 0 Å². The first-order valence-corrected chi connectivity index (χ1v) is 9.06. The smallest absolute Gasteiger partial charge is 0.185 e. The highest BCUT2D eigenvalue weighted by atomic mass is 35.5. The van der Waals surface area contributed by atoms with Crippen LogP contribution in [0.2, 0.25) is 5.02 Å². The van der Waals surface area contributed by atoms with Crippen molar-refractivity contribution in [2.75, 3.05) is 6.26 Å². The minimum Gasteiger partial charge on any atom is -0.390 e. The first-order chi connectivity index (χ1) is 10.5. The lowest BCUT2D eigenvalue weighted by atomic mass is 9.88. The van der Waals surface area contributed by atoms with Crippen molar-refractivity contribution < 1.29 is 5.11 Å². The number of aromatic nitrogens is 3. The fourth-order valence-corrected chi connectivity index (χ4v) is 3.90. The van der Waals surface area contributed by atoms with Gasteiger partial charge in [-0.05, 0) is 30.7 Å². The van der Waals surface area contributed by atoms with Gasteiger partial charge in [-0.3, -0.25) is 0 Å². The van der Waals surface area contributed by atoms with Crippen LogP contribution in [-0.4, -0.2) is 37.1 Å². The highest BCUT2D eigenvalue weighted by molar-refractivity contribution is 7.98. The monoisotopic (exact) mass is 357 g/mol. The maximum absolute atomic E-state index is 10.8. The molecule has 2 atom stereocenters. The van der Waals surface area contributed by atoms with Gasteiger partial charge >= 0.3 is 0 Å². The number of benzene rings is 1. The molecule has 22 heavy (non-hydrogen) atoms. The van der Waals surface area contributed by atoms with Crippen LogP contribution in [0.4, 0.5) is 0 Å². The normalized spacial score (nSPS) is 18.9. The molecule has 1 heterocycles. The highest BCUT2D eigenvalue weighted by Gasteiger charge is 2.51. The SMILES string of the molecule is CSc1ncnn1CC(O)C(c1ccccc1Cl)C1(Cl)CC1. The van der Waals surface area contributed by atoms with Crippen LogP contribution in [0.1, 0.15) is 24.3 Å². The van der Waals surface area contributed by atoms with Crippen LogP contribution in [-0.2, 0) is 6.54 Å². The summed E-state index contributed by atoms with van der Waals surface area (Å²) in [7, 11) is 0. The summed E-state index contributed by atoms with van der Waals surface area (Å²) in [4.78, 5) is 3.75. The van der Waals surface area contributed by atoms with Crippen molar-refractivity contribution in [2.24, 2.45) is 0 Å². The summed E-state index contributed by atoms with van der Waals surface area (Å²) >= 11 is 14.5. The first-order valence-electron chi connectivity index (χ1n) is 7.08. The number of nitrogens with zero attached hydrogens (tertiary/aromatic N) is 3. The summed E-state index contributed by atoms with van der Waals surface area (Å²) in [5, 5.41) is 16.4. The summed E-state index contributed by atoms with van der Waals surface area (Å²) in [6.45, 7) is 0.348. The van der Waals surface area contributed by atoms with Crippen molar-refractivity contribution in [3.8, 4) is 0 Å². The molecule has 0 spiro atoms. The third-order valence-electron chi connectivity index (χ3n) is 4.03. The van der Waals surface area contributed by atoms with E-state index in [0.29, 0.717) is 11.6 Å². The van der Waals surface area contributed by atoms with Gasteiger partial charge in [0.15, 0.2) is 5.16 Å². The van der Waals surface area contributed by atoms with Crippen molar-refractivity contribution in [1.82, 2.24) is 14.8 Å². The van der Waals surface area contributed by atoms with E-state index in [-0.39, 0.29) is 5.92 Å². The number of alkyl halides is 1. The molecule has 0 bridgehead atoms. The molecule has 1 N–H and O–H groups in total. The first kappa shape index (κ1) is 16.1. The van der Waals surface area contributed by atoms with Crippen LogP contribution in [0.15, 0.2) is 35.7 Å². The van der Waals surface area contributed by atoms with E-state index in [2.05, 4.69) is 10.1 Å². The number of rotatable bonds is 6. The summed E-state index contributed by atoms with van der Waals surface area (Å²) in [5.41, 5.74) is 0.898. The molecule has 4 nitrogen and oxygen atoms in total. The zero-order valence-electron chi connectivity index (χ0n) is 12.1. The Bertz CT molecular complexity index is 660. The molecule has 0 saturated heterocycles. The van der Waals surface area contributed by atoms with E-state index in [4.69, 9.17) is 23.2 Å². The lowest BCUT2D eigenvalue weighted by Gasteiger charge is -2.28. The Kier molecular flexibility index (Phi) is 4.69. The molecule has 1 aromatic heterocycles. The third-order valence-corrected chi connectivity index (χ3v) is 5.67.